The minimum Gasteiger partial charge on any atom is -0.370 e. The minimum absolute atomic E-state index is 0.814. The predicted octanol–water partition coefficient (Wildman–Crippen LogP) is 2.29. The second-order valence-corrected chi connectivity index (χ2v) is 6.05. The maximum Gasteiger partial charge on any atom is 0.130 e. The molecule has 112 valence electrons. The summed E-state index contributed by atoms with van der Waals surface area (Å²) in [6, 6.07) is 4.21. The summed E-state index contributed by atoms with van der Waals surface area (Å²) >= 11 is 0. The molecule has 1 aromatic heterocycles. The number of nitrogens with one attached hydrogen (secondary N) is 1. The van der Waals surface area contributed by atoms with Crippen LogP contribution in [0.2, 0.25) is 0 Å². The fourth-order valence-corrected chi connectivity index (χ4v) is 2.94. The molecule has 1 saturated heterocycles. The molecule has 20 heavy (non-hydrogen) atoms. The molecular formula is C16H28N4. The number of anilines is 1. The molecule has 0 aromatic carbocycles. The van der Waals surface area contributed by atoms with Gasteiger partial charge in [0.2, 0.25) is 0 Å². The number of hydrogen-bond donors (Lipinski definition) is 1. The average Bonchev–Trinajstić information content (AvgIpc) is 2.83. The molecule has 1 fully saturated rings. The summed E-state index contributed by atoms with van der Waals surface area (Å²) in [6.07, 6.45) is 4.32. The van der Waals surface area contributed by atoms with Crippen molar-refractivity contribution in [3.05, 3.63) is 23.9 Å². The monoisotopic (exact) mass is 276 g/mol. The van der Waals surface area contributed by atoms with Gasteiger partial charge in [-0.05, 0) is 45.5 Å². The molecule has 4 nitrogen and oxygen atoms in total. The lowest BCUT2D eigenvalue weighted by molar-refractivity contribution is 0.267. The van der Waals surface area contributed by atoms with E-state index in [0.29, 0.717) is 0 Å². The van der Waals surface area contributed by atoms with Crippen LogP contribution in [0.25, 0.3) is 0 Å². The van der Waals surface area contributed by atoms with E-state index in [0.717, 1.165) is 31.2 Å². The third-order valence-electron chi connectivity index (χ3n) is 3.93. The Kier molecular flexibility index (Phi) is 5.80. The van der Waals surface area contributed by atoms with Crippen molar-refractivity contribution < 1.29 is 0 Å². The third-order valence-corrected chi connectivity index (χ3v) is 3.93. The summed E-state index contributed by atoms with van der Waals surface area (Å²) in [5.74, 6) is 1.86. The molecule has 1 aromatic rings. The van der Waals surface area contributed by atoms with Gasteiger partial charge in [0, 0.05) is 37.9 Å². The largest absolute Gasteiger partial charge is 0.370 e. The molecule has 0 amide bonds. The first-order valence-corrected chi connectivity index (χ1v) is 7.74. The van der Waals surface area contributed by atoms with Crippen LogP contribution in [0.5, 0.6) is 0 Å². The molecule has 0 aliphatic carbocycles. The number of rotatable bonds is 7. The minimum atomic E-state index is 0.814. The highest BCUT2D eigenvalue weighted by atomic mass is 15.1. The van der Waals surface area contributed by atoms with Gasteiger partial charge in [-0.15, -0.1) is 0 Å². The number of nitrogens with zero attached hydrogens (tertiary/aromatic N) is 3. The lowest BCUT2D eigenvalue weighted by Gasteiger charge is -2.22. The summed E-state index contributed by atoms with van der Waals surface area (Å²) in [5, 5.41) is 3.42. The number of hydrogen-bond acceptors (Lipinski definition) is 4. The summed E-state index contributed by atoms with van der Waals surface area (Å²) in [4.78, 5) is 9.32. The van der Waals surface area contributed by atoms with Gasteiger partial charge >= 0.3 is 0 Å². The fourth-order valence-electron chi connectivity index (χ4n) is 2.94. The van der Waals surface area contributed by atoms with Crippen molar-refractivity contribution in [2.75, 3.05) is 45.6 Å². The molecule has 1 aliphatic rings. The molecule has 2 heterocycles. The van der Waals surface area contributed by atoms with E-state index >= 15 is 0 Å². The van der Waals surface area contributed by atoms with Crippen LogP contribution in [0.3, 0.4) is 0 Å². The Hall–Kier alpha value is -1.13. The predicted molar refractivity (Wildman–Crippen MR) is 85.0 cm³/mol. The van der Waals surface area contributed by atoms with Gasteiger partial charge in [-0.2, -0.15) is 0 Å². The zero-order valence-corrected chi connectivity index (χ0v) is 13.1. The van der Waals surface area contributed by atoms with Gasteiger partial charge in [0.1, 0.15) is 5.82 Å². The number of aromatic nitrogens is 1. The van der Waals surface area contributed by atoms with Crippen LogP contribution >= 0.6 is 0 Å². The van der Waals surface area contributed by atoms with Crippen LogP contribution in [0, 0.1) is 5.92 Å². The Morgan fingerprint density at radius 3 is 3.05 bits per heavy atom. The highest BCUT2D eigenvalue weighted by molar-refractivity contribution is 5.43. The maximum atomic E-state index is 4.47. The van der Waals surface area contributed by atoms with Gasteiger partial charge < -0.3 is 15.1 Å². The molecule has 1 unspecified atom stereocenters. The second-order valence-electron chi connectivity index (χ2n) is 6.05. The first kappa shape index (κ1) is 15.3. The van der Waals surface area contributed by atoms with Gasteiger partial charge in [-0.3, -0.25) is 0 Å². The summed E-state index contributed by atoms with van der Waals surface area (Å²) in [7, 11) is 4.43. The van der Waals surface area contributed by atoms with E-state index in [1.54, 1.807) is 0 Å². The second kappa shape index (κ2) is 7.60. The standard InChI is InChI=1S/C16H28N4/c1-4-8-17-16-15(6-5-9-18-16)13-20(3)12-14-7-10-19(2)11-14/h5-6,9,14H,4,7-8,10-13H2,1-3H3,(H,17,18). The van der Waals surface area contributed by atoms with Crippen molar-refractivity contribution in [2.45, 2.75) is 26.3 Å². The van der Waals surface area contributed by atoms with Crippen LogP contribution in [-0.4, -0.2) is 55.1 Å². The van der Waals surface area contributed by atoms with Crippen LogP contribution in [0.4, 0.5) is 5.82 Å². The van der Waals surface area contributed by atoms with E-state index in [-0.39, 0.29) is 0 Å². The Bertz CT molecular complexity index is 407. The zero-order valence-electron chi connectivity index (χ0n) is 13.1. The average molecular weight is 276 g/mol. The number of pyridine rings is 1. The lowest BCUT2D eigenvalue weighted by atomic mass is 10.1. The van der Waals surface area contributed by atoms with Crippen LogP contribution in [-0.2, 0) is 6.54 Å². The highest BCUT2D eigenvalue weighted by Gasteiger charge is 2.20. The van der Waals surface area contributed by atoms with Gasteiger partial charge in [0.05, 0.1) is 0 Å². The van der Waals surface area contributed by atoms with Crippen LogP contribution in [0.15, 0.2) is 18.3 Å². The van der Waals surface area contributed by atoms with E-state index in [1.807, 2.05) is 12.3 Å². The van der Waals surface area contributed by atoms with Crippen molar-refractivity contribution in [2.24, 2.45) is 5.92 Å². The summed E-state index contributed by atoms with van der Waals surface area (Å²) < 4.78 is 0. The molecule has 0 radical (unpaired) electrons. The van der Waals surface area contributed by atoms with Crippen LogP contribution < -0.4 is 5.32 Å². The third kappa shape index (κ3) is 4.46. The topological polar surface area (TPSA) is 31.4 Å². The normalized spacial score (nSPS) is 19.7. The Labute approximate surface area is 123 Å². The summed E-state index contributed by atoms with van der Waals surface area (Å²) in [5.41, 5.74) is 1.30. The molecule has 4 heteroatoms. The molecule has 1 aliphatic heterocycles. The van der Waals surface area contributed by atoms with E-state index in [9.17, 15) is 0 Å². The van der Waals surface area contributed by atoms with Crippen molar-refractivity contribution >= 4 is 5.82 Å². The Balaban J connectivity index is 1.88. The Morgan fingerprint density at radius 1 is 1.50 bits per heavy atom. The van der Waals surface area contributed by atoms with Crippen molar-refractivity contribution in [3.63, 3.8) is 0 Å². The van der Waals surface area contributed by atoms with Gasteiger partial charge in [0.15, 0.2) is 0 Å². The maximum absolute atomic E-state index is 4.47. The van der Waals surface area contributed by atoms with E-state index < -0.39 is 0 Å². The fraction of sp³-hybridized carbons (Fsp3) is 0.688. The van der Waals surface area contributed by atoms with Gasteiger partial charge in [-0.25, -0.2) is 4.98 Å². The number of likely N-dealkylation sites (tertiary alicyclic amines) is 1. The molecule has 2 rings (SSSR count). The van der Waals surface area contributed by atoms with Gasteiger partial charge in [-0.1, -0.05) is 13.0 Å². The molecule has 1 N–H and O–H groups in total. The van der Waals surface area contributed by atoms with Crippen LogP contribution in [0.1, 0.15) is 25.3 Å². The van der Waals surface area contributed by atoms with Crippen molar-refractivity contribution in [1.29, 1.82) is 0 Å². The van der Waals surface area contributed by atoms with Gasteiger partial charge in [0.25, 0.3) is 0 Å². The van der Waals surface area contributed by atoms with E-state index in [1.165, 1.54) is 31.6 Å². The Morgan fingerprint density at radius 2 is 2.35 bits per heavy atom. The highest BCUT2D eigenvalue weighted by Crippen LogP contribution is 2.18. The quantitative estimate of drug-likeness (QED) is 0.828. The molecular weight excluding hydrogens is 248 g/mol. The summed E-state index contributed by atoms with van der Waals surface area (Å²) in [6.45, 7) is 7.79. The molecule has 0 saturated carbocycles. The van der Waals surface area contributed by atoms with Crippen molar-refractivity contribution in [3.8, 4) is 0 Å². The smallest absolute Gasteiger partial charge is 0.130 e. The van der Waals surface area contributed by atoms with Crippen molar-refractivity contribution in [1.82, 2.24) is 14.8 Å². The lowest BCUT2D eigenvalue weighted by Crippen LogP contribution is -2.27. The first-order chi connectivity index (χ1) is 9.69. The SMILES string of the molecule is CCCNc1ncccc1CN(C)CC1CCN(C)C1. The first-order valence-electron chi connectivity index (χ1n) is 7.74. The molecule has 0 spiro atoms. The van der Waals surface area contributed by atoms with E-state index in [4.69, 9.17) is 0 Å². The van der Waals surface area contributed by atoms with E-state index in [2.05, 4.69) is 47.2 Å². The molecule has 0 bridgehead atoms. The zero-order chi connectivity index (χ0) is 14.4. The molecule has 1 atom stereocenters.